The highest BCUT2D eigenvalue weighted by atomic mass is 79.9. The number of hydrogen-bond acceptors (Lipinski definition) is 10. The monoisotopic (exact) mass is 865 g/mol. The molecular formula is C27H31Br4N7O6. The summed E-state index contributed by atoms with van der Waals surface area (Å²) in [7, 11) is 1.49. The van der Waals surface area contributed by atoms with Crippen molar-refractivity contribution in [1.29, 1.82) is 0 Å². The number of allylic oxidation sites excluding steroid dienone is 1. The van der Waals surface area contributed by atoms with E-state index in [0.29, 0.717) is 74.3 Å². The Bertz CT molecular complexity index is 1470. The second-order valence-electron chi connectivity index (χ2n) is 10.0. The number of nitrogens with one attached hydrogen (secondary N) is 3. The Kier molecular flexibility index (Phi) is 11.9. The molecule has 1 spiro atoms. The minimum absolute atomic E-state index is 0.0794. The number of amides is 2. The lowest BCUT2D eigenvalue weighted by Crippen LogP contribution is -2.45. The van der Waals surface area contributed by atoms with Crippen molar-refractivity contribution in [3.05, 3.63) is 59.3 Å². The number of anilines is 1. The van der Waals surface area contributed by atoms with E-state index in [-0.39, 0.29) is 18.0 Å². The van der Waals surface area contributed by atoms with E-state index in [1.807, 2.05) is 12.1 Å². The smallest absolute Gasteiger partial charge is 0.269 e. The summed E-state index contributed by atoms with van der Waals surface area (Å²) in [6.45, 7) is 1.05. The van der Waals surface area contributed by atoms with Gasteiger partial charge in [-0.2, -0.15) is 0 Å². The third-order valence-electron chi connectivity index (χ3n) is 6.79. The number of nitrogens with two attached hydrogens (primary N) is 2. The molecule has 1 aromatic carbocycles. The van der Waals surface area contributed by atoms with Gasteiger partial charge in [-0.1, -0.05) is 5.16 Å². The number of aromatic amines is 1. The number of ether oxygens (including phenoxy) is 2. The fourth-order valence-corrected chi connectivity index (χ4v) is 7.84. The van der Waals surface area contributed by atoms with Gasteiger partial charge in [0.25, 0.3) is 5.91 Å². The molecule has 1 aliphatic heterocycles. The first-order valence-corrected chi connectivity index (χ1v) is 16.6. The van der Waals surface area contributed by atoms with Crippen LogP contribution in [0.4, 0.5) is 5.95 Å². The largest absolute Gasteiger partial charge is 0.495 e. The molecule has 0 bridgehead atoms. The molecule has 2 heterocycles. The number of imidazole rings is 1. The van der Waals surface area contributed by atoms with Crippen molar-refractivity contribution in [1.82, 2.24) is 20.6 Å². The number of aliphatic hydroxyl groups is 1. The first kappa shape index (κ1) is 34.4. The third-order valence-corrected chi connectivity index (χ3v) is 9.35. The number of nitrogens with zero attached hydrogens (tertiary/aromatic N) is 2. The average Bonchev–Trinajstić information content (AvgIpc) is 3.59. The zero-order valence-electron chi connectivity index (χ0n) is 23.5. The Morgan fingerprint density at radius 2 is 1.95 bits per heavy atom. The average molecular weight is 869 g/mol. The maximum Gasteiger partial charge on any atom is 0.269 e. The molecular weight excluding hydrogens is 838 g/mol. The van der Waals surface area contributed by atoms with Crippen molar-refractivity contribution in [2.75, 3.05) is 32.5 Å². The number of oxime groups is 1. The number of H-pyrrole nitrogens is 1. The van der Waals surface area contributed by atoms with E-state index >= 15 is 0 Å². The van der Waals surface area contributed by atoms with Gasteiger partial charge in [0.15, 0.2) is 11.5 Å². The van der Waals surface area contributed by atoms with Crippen LogP contribution in [0.1, 0.15) is 24.1 Å². The molecule has 0 saturated carbocycles. The van der Waals surface area contributed by atoms with Gasteiger partial charge in [-0.3, -0.25) is 9.59 Å². The van der Waals surface area contributed by atoms with Crippen LogP contribution >= 0.6 is 63.7 Å². The number of aromatic nitrogens is 2. The highest BCUT2D eigenvalue weighted by Crippen LogP contribution is 2.44. The fraction of sp³-hybridized carbons (Fsp3) is 0.407. The topological polar surface area (TPSA) is 199 Å². The van der Waals surface area contributed by atoms with E-state index in [1.54, 1.807) is 12.3 Å². The van der Waals surface area contributed by atoms with Gasteiger partial charge in [-0.05, 0) is 100 Å². The van der Waals surface area contributed by atoms with Crippen molar-refractivity contribution < 1.29 is 29.0 Å². The predicted octanol–water partition coefficient (Wildman–Crippen LogP) is 3.05. The molecule has 8 N–H and O–H groups in total. The number of hydrogen-bond donors (Lipinski definition) is 6. The molecule has 0 radical (unpaired) electrons. The number of aliphatic hydroxyl groups excluding tert-OH is 1. The molecule has 0 fully saturated rings. The van der Waals surface area contributed by atoms with Gasteiger partial charge in [0.05, 0.1) is 43.9 Å². The van der Waals surface area contributed by atoms with Crippen molar-refractivity contribution >= 4 is 87.2 Å². The lowest BCUT2D eigenvalue weighted by atomic mass is 9.87. The zero-order chi connectivity index (χ0) is 32.0. The van der Waals surface area contributed by atoms with Gasteiger partial charge >= 0.3 is 0 Å². The van der Waals surface area contributed by atoms with Crippen LogP contribution in [0.5, 0.6) is 5.75 Å². The summed E-state index contributed by atoms with van der Waals surface area (Å²) in [6, 6.07) is 2.97. The molecule has 44 heavy (non-hydrogen) atoms. The molecule has 2 aliphatic rings. The highest BCUT2D eigenvalue weighted by Gasteiger charge is 2.50. The van der Waals surface area contributed by atoms with Crippen LogP contribution < -0.4 is 26.8 Å². The van der Waals surface area contributed by atoms with Gasteiger partial charge in [-0.15, -0.1) is 0 Å². The van der Waals surface area contributed by atoms with E-state index in [9.17, 15) is 14.7 Å². The molecule has 1 aliphatic carbocycles. The third kappa shape index (κ3) is 8.23. The first-order chi connectivity index (χ1) is 20.9. The number of methoxy groups -OCH3 is 1. The summed E-state index contributed by atoms with van der Waals surface area (Å²) in [5.74, 6) is 0.702. The summed E-state index contributed by atoms with van der Waals surface area (Å²) in [4.78, 5) is 37.5. The van der Waals surface area contributed by atoms with E-state index in [2.05, 4.69) is 89.5 Å². The lowest BCUT2D eigenvalue weighted by molar-refractivity contribution is -0.122. The maximum atomic E-state index is 12.7. The van der Waals surface area contributed by atoms with Crippen molar-refractivity contribution in [2.45, 2.75) is 43.4 Å². The van der Waals surface area contributed by atoms with E-state index < -0.39 is 23.7 Å². The van der Waals surface area contributed by atoms with Crippen LogP contribution in [-0.2, 0) is 32.0 Å². The molecule has 1 aromatic heterocycles. The quantitative estimate of drug-likeness (QED) is 0.164. The van der Waals surface area contributed by atoms with Crippen LogP contribution in [0.25, 0.3) is 0 Å². The normalized spacial score (nSPS) is 20.1. The summed E-state index contributed by atoms with van der Waals surface area (Å²) >= 11 is 13.8. The zero-order valence-corrected chi connectivity index (χ0v) is 29.8. The van der Waals surface area contributed by atoms with Crippen molar-refractivity contribution in [3.63, 3.8) is 0 Å². The summed E-state index contributed by atoms with van der Waals surface area (Å²) in [6.07, 6.45) is 3.65. The number of rotatable bonds is 13. The van der Waals surface area contributed by atoms with Crippen LogP contribution in [0.15, 0.2) is 53.2 Å². The summed E-state index contributed by atoms with van der Waals surface area (Å²) in [5, 5.41) is 20.3. The first-order valence-electron chi connectivity index (χ1n) is 13.4. The number of benzene rings is 1. The second-order valence-corrected chi connectivity index (χ2v) is 13.4. The van der Waals surface area contributed by atoms with Gasteiger partial charge in [0.1, 0.15) is 23.3 Å². The highest BCUT2D eigenvalue weighted by molar-refractivity contribution is 9.12. The fourth-order valence-electron chi connectivity index (χ4n) is 4.54. The number of carbonyl (C=O) groups is 2. The van der Waals surface area contributed by atoms with Gasteiger partial charge in [0.2, 0.25) is 5.91 Å². The van der Waals surface area contributed by atoms with Crippen LogP contribution in [0.3, 0.4) is 0 Å². The second kappa shape index (κ2) is 15.2. The Balaban J connectivity index is 1.19. The summed E-state index contributed by atoms with van der Waals surface area (Å²) in [5.41, 5.74) is 12.3. The van der Waals surface area contributed by atoms with Crippen LogP contribution in [0.2, 0.25) is 0 Å². The number of halogens is 4. The molecule has 13 nitrogen and oxygen atoms in total. The van der Waals surface area contributed by atoms with Crippen LogP contribution in [0, 0.1) is 0 Å². The molecule has 0 saturated heterocycles. The summed E-state index contributed by atoms with van der Waals surface area (Å²) < 4.78 is 13.6. The lowest BCUT2D eigenvalue weighted by Gasteiger charge is -2.33. The van der Waals surface area contributed by atoms with Crippen molar-refractivity contribution in [2.24, 2.45) is 10.9 Å². The Hall–Kier alpha value is -2.44. The van der Waals surface area contributed by atoms with E-state index in [0.717, 1.165) is 11.3 Å². The SMILES string of the molecule is COC1=C(Br)C(O)C2(C=C1Br)CC(C(=O)NCCCOc1c(Br)cc(CC(N)C(=O)NCCc3cnc(N)[nH]3)cc1Br)=NO2. The van der Waals surface area contributed by atoms with Crippen molar-refractivity contribution in [3.8, 4) is 5.75 Å². The number of nitrogen functional groups attached to an aromatic ring is 1. The van der Waals surface area contributed by atoms with Crippen LogP contribution in [-0.4, -0.2) is 77.2 Å². The molecule has 2 amide bonds. The molecule has 238 valence electrons. The molecule has 4 rings (SSSR count). The minimum atomic E-state index is -1.22. The Morgan fingerprint density at radius 1 is 1.23 bits per heavy atom. The van der Waals surface area contributed by atoms with E-state index in [1.165, 1.54) is 7.11 Å². The Morgan fingerprint density at radius 3 is 2.61 bits per heavy atom. The molecule has 2 aromatic rings. The van der Waals surface area contributed by atoms with Gasteiger partial charge < -0.3 is 46.5 Å². The molecule has 17 heteroatoms. The van der Waals surface area contributed by atoms with Gasteiger partial charge in [-0.25, -0.2) is 4.98 Å². The number of carbonyl (C=O) groups excluding carboxylic acids is 2. The standard InChI is InChI=1S/C27H31Br4N7O6/c1-42-22-17(30)10-27(23(39)20(22)31)11-19(38-44-27)25(41)34-4-2-6-43-21-15(28)7-13(8-16(21)29)9-18(32)24(40)35-5-3-14-12-36-26(33)37-14/h7-8,10,12,18,23,39H,2-6,9,11,32H2,1H3,(H,34,41)(H,35,40)(H3,33,36,37). The maximum absolute atomic E-state index is 12.7. The van der Waals surface area contributed by atoms with Gasteiger partial charge in [0, 0.05) is 31.6 Å². The minimum Gasteiger partial charge on any atom is -0.495 e. The van der Waals surface area contributed by atoms with E-state index in [4.69, 9.17) is 25.8 Å². The molecule has 3 atom stereocenters. The molecule has 3 unspecified atom stereocenters. The Labute approximate surface area is 287 Å². The predicted molar refractivity (Wildman–Crippen MR) is 178 cm³/mol.